The summed E-state index contributed by atoms with van der Waals surface area (Å²) in [5.74, 6) is 0.791. The number of hydrogen-bond acceptors (Lipinski definition) is 26. The van der Waals surface area contributed by atoms with E-state index in [1.807, 2.05) is 115 Å². The van der Waals surface area contributed by atoms with E-state index >= 15 is 0 Å². The Labute approximate surface area is 775 Å². The van der Waals surface area contributed by atoms with Crippen molar-refractivity contribution in [1.29, 1.82) is 0 Å². The predicted octanol–water partition coefficient (Wildman–Crippen LogP) is 13.3. The monoisotopic (exact) mass is 1790 g/mol. The molecule has 5 aliphatic rings. The molecule has 682 valence electrons. The van der Waals surface area contributed by atoms with Gasteiger partial charge in [-0.2, -0.15) is 15.0 Å². The van der Waals surface area contributed by atoms with Crippen LogP contribution in [0.1, 0.15) is 36.4 Å². The van der Waals surface area contributed by atoms with Gasteiger partial charge in [0.25, 0.3) is 16.7 Å². The van der Waals surface area contributed by atoms with E-state index in [1.165, 1.54) is 44.3 Å². The molecular formula is C102H107N25O7. The Morgan fingerprint density at radius 1 is 0.396 bits per heavy atom. The van der Waals surface area contributed by atoms with E-state index in [1.54, 1.807) is 83.7 Å². The molecule has 1 atom stereocenters. The molecule has 32 heteroatoms. The number of nitrogens with zero attached hydrogens (tertiary/aromatic N) is 20. The summed E-state index contributed by atoms with van der Waals surface area (Å²) in [7, 11) is 8.15. The SMILES string of the molecule is C=CC(=O)N1CCC(n2c(=O)c(-c3ccccc3)nc3cnc(Nc4ccc(N5CCN(C)CC5)c(C)c4)nc32)C1.C=CC(=O)Nc1cccc(-n2c(=O)c(-c3ccccc3)nc3cnc(Nc4ccc(N5CCC(N6CCN(C)CC6)CC5)cc4OC)nc32)c1.C=CC(=O)Nc1cccc(-n2c(=O)c(-c3ccccc3)nc3cnc(Nc4ccc(N5CCN(C)CC5)c(C)c4)nc32)c1. The Bertz CT molecular complexity index is 6910. The van der Waals surface area contributed by atoms with E-state index in [2.05, 4.69) is 171 Å². The number of rotatable bonds is 22. The van der Waals surface area contributed by atoms with Crippen molar-refractivity contribution in [1.82, 2.24) is 83.1 Å². The third kappa shape index (κ3) is 20.5. The van der Waals surface area contributed by atoms with Gasteiger partial charge in [0.2, 0.25) is 35.6 Å². The summed E-state index contributed by atoms with van der Waals surface area (Å²) in [5.41, 5.74) is 14.8. The molecule has 5 N–H and O–H groups in total. The summed E-state index contributed by atoms with van der Waals surface area (Å²) in [5, 5.41) is 15.4. The summed E-state index contributed by atoms with van der Waals surface area (Å²) in [6.45, 7) is 30.5. The molecule has 1 unspecified atom stereocenters. The molecule has 0 aliphatic carbocycles. The van der Waals surface area contributed by atoms with Gasteiger partial charge in [-0.3, -0.25) is 47.4 Å². The van der Waals surface area contributed by atoms with Crippen LogP contribution < -0.4 is 62.7 Å². The number of likely N-dealkylation sites (N-methyl/N-ethyl adjacent to an activating group) is 3. The van der Waals surface area contributed by atoms with Crippen LogP contribution in [-0.4, -0.2) is 240 Å². The zero-order chi connectivity index (χ0) is 93.0. The van der Waals surface area contributed by atoms with E-state index in [9.17, 15) is 28.8 Å². The summed E-state index contributed by atoms with van der Waals surface area (Å²) in [6, 6.07) is 60.9. The maximum atomic E-state index is 14.1. The summed E-state index contributed by atoms with van der Waals surface area (Å²) < 4.78 is 10.5. The molecule has 0 radical (unpaired) electrons. The second-order valence-corrected chi connectivity index (χ2v) is 34.0. The average Bonchev–Trinajstić information content (AvgIpc) is 1.09. The first kappa shape index (κ1) is 90.4. The highest BCUT2D eigenvalue weighted by molar-refractivity contribution is 6.00. The average molecular weight is 1800 g/mol. The normalized spacial score (nSPS) is 15.7. The zero-order valence-corrected chi connectivity index (χ0v) is 76.0. The van der Waals surface area contributed by atoms with E-state index in [4.69, 9.17) is 24.7 Å². The molecule has 11 heterocycles. The quantitative estimate of drug-likeness (QED) is 0.0394. The van der Waals surface area contributed by atoms with Crippen molar-refractivity contribution in [3.8, 4) is 50.9 Å². The lowest BCUT2D eigenvalue weighted by Gasteiger charge is -2.42. The van der Waals surface area contributed by atoms with E-state index in [0.717, 1.165) is 133 Å². The van der Waals surface area contributed by atoms with Gasteiger partial charge in [0.1, 0.15) is 39.4 Å². The van der Waals surface area contributed by atoms with E-state index in [-0.39, 0.29) is 57.8 Å². The van der Waals surface area contributed by atoms with E-state index in [0.29, 0.717) is 122 Å². The minimum Gasteiger partial charge on any atom is -0.494 e. The lowest BCUT2D eigenvalue weighted by Crippen LogP contribution is -2.52. The fourth-order valence-corrected chi connectivity index (χ4v) is 17.7. The van der Waals surface area contributed by atoms with Crippen molar-refractivity contribution in [2.24, 2.45) is 0 Å². The number of nitrogens with one attached hydrogen (secondary N) is 5. The van der Waals surface area contributed by atoms with Crippen molar-refractivity contribution in [3.63, 3.8) is 0 Å². The molecule has 0 spiro atoms. The fraction of sp³-hybridized carbons (Fsp3) is 0.265. The lowest BCUT2D eigenvalue weighted by molar-refractivity contribution is -0.125. The van der Waals surface area contributed by atoms with Gasteiger partial charge in [0.15, 0.2) is 16.9 Å². The molecule has 8 aromatic carbocycles. The van der Waals surface area contributed by atoms with Gasteiger partial charge in [-0.1, -0.05) is 123 Å². The Balaban J connectivity index is 0.000000141. The molecule has 3 amide bonds. The number of likely N-dealkylation sites (tertiary alicyclic amines) is 1. The van der Waals surface area contributed by atoms with Crippen LogP contribution >= 0.6 is 0 Å². The number of aryl methyl sites for hydroxylation is 2. The number of piperidine rings is 1. The number of ether oxygens (including phenoxy) is 1. The molecule has 134 heavy (non-hydrogen) atoms. The van der Waals surface area contributed by atoms with Crippen molar-refractivity contribution in [2.75, 3.05) is 174 Å². The predicted molar refractivity (Wildman–Crippen MR) is 531 cm³/mol. The Kier molecular flexibility index (Phi) is 27.6. The summed E-state index contributed by atoms with van der Waals surface area (Å²) in [4.78, 5) is 139. The van der Waals surface area contributed by atoms with Gasteiger partial charge in [-0.05, 0) is 169 Å². The number of aromatic nitrogens is 12. The minimum absolute atomic E-state index is 0.144. The Hall–Kier alpha value is -15.5. The molecular weight excluding hydrogens is 1690 g/mol. The molecule has 5 saturated heterocycles. The van der Waals surface area contributed by atoms with Crippen LogP contribution in [0.4, 0.5) is 63.3 Å². The van der Waals surface area contributed by atoms with Gasteiger partial charge in [0, 0.05) is 173 Å². The first-order chi connectivity index (χ1) is 65.2. The highest BCUT2D eigenvalue weighted by Gasteiger charge is 2.33. The molecule has 0 bridgehead atoms. The van der Waals surface area contributed by atoms with Gasteiger partial charge in [-0.15, -0.1) is 0 Å². The maximum absolute atomic E-state index is 14.1. The number of amides is 3. The van der Waals surface area contributed by atoms with Crippen LogP contribution in [0.2, 0.25) is 0 Å². The van der Waals surface area contributed by atoms with Crippen molar-refractivity contribution in [2.45, 2.75) is 45.2 Å². The van der Waals surface area contributed by atoms with Crippen molar-refractivity contribution in [3.05, 3.63) is 293 Å². The number of benzene rings is 8. The molecule has 5 aliphatic heterocycles. The standard InChI is InChI=1S/C38H41N9O3.C33H32N8O2.C31H34N8O2/c1-4-34(48)40-27-11-8-12-30(23-27)47-36-32(41-35(37(47)49)26-9-6-5-7-10-26)25-39-38(43-36)42-31-14-13-29(24-33(31)50-3)45-17-15-28(16-18-45)46-21-19-44(2)20-22-46;1-4-29(42)35-24-11-8-12-26(20-24)41-31-27(37-30(32(41)43)23-9-6-5-7-10-23)21-34-33(38-31)36-25-13-14-28(22(2)19-25)40-17-15-39(3)16-18-40;1-4-27(40)38-13-12-24(20-38)39-29-25(34-28(30(39)41)22-8-6-5-7-9-22)19-32-31(35-29)33-23-10-11-26(21(2)18-23)37-16-14-36(3)15-17-37/h4-14,23-25,28H,1,15-22H2,2-3H3,(H,40,48)(H,39,42,43);4-14,19-21H,1,15-18H2,2-3H3,(H,35,42)(H,34,36,38);4-11,18-19,24H,1,12-17,20H2,2-3H3,(H,32,33,35). The third-order valence-electron chi connectivity index (χ3n) is 25.0. The number of anilines is 11. The van der Waals surface area contributed by atoms with Gasteiger partial charge < -0.3 is 65.6 Å². The van der Waals surface area contributed by atoms with Crippen LogP contribution in [-0.2, 0) is 14.4 Å². The highest BCUT2D eigenvalue weighted by Crippen LogP contribution is 2.37. The third-order valence-corrected chi connectivity index (χ3v) is 25.0. The summed E-state index contributed by atoms with van der Waals surface area (Å²) in [6.07, 6.45) is 11.5. The van der Waals surface area contributed by atoms with E-state index < -0.39 is 0 Å². The van der Waals surface area contributed by atoms with Crippen LogP contribution in [0.25, 0.3) is 78.6 Å². The minimum atomic E-state index is -0.362. The van der Waals surface area contributed by atoms with Crippen molar-refractivity contribution >= 4 is 115 Å². The first-order valence-electron chi connectivity index (χ1n) is 45.0. The molecule has 6 aromatic heterocycles. The Morgan fingerprint density at radius 2 is 0.821 bits per heavy atom. The highest BCUT2D eigenvalue weighted by atomic mass is 16.5. The molecule has 0 saturated carbocycles. The largest absolute Gasteiger partial charge is 0.494 e. The topological polar surface area (TPSA) is 329 Å². The van der Waals surface area contributed by atoms with Gasteiger partial charge >= 0.3 is 0 Å². The van der Waals surface area contributed by atoms with Crippen LogP contribution in [0.15, 0.2) is 265 Å². The zero-order valence-electron chi connectivity index (χ0n) is 76.0. The lowest BCUT2D eigenvalue weighted by atomic mass is 10.0. The first-order valence-corrected chi connectivity index (χ1v) is 45.0. The molecule has 14 aromatic rings. The maximum Gasteiger partial charge on any atom is 0.283 e. The van der Waals surface area contributed by atoms with Gasteiger partial charge in [-0.25, -0.2) is 29.9 Å². The molecule has 19 rings (SSSR count). The number of carbonyl (C=O) groups excluding carboxylic acids is 3. The van der Waals surface area contributed by atoms with Crippen LogP contribution in [0, 0.1) is 13.8 Å². The number of fused-ring (bicyclic) bond motifs is 3. The molecule has 32 nitrogen and oxygen atoms in total. The summed E-state index contributed by atoms with van der Waals surface area (Å²) >= 11 is 0. The number of methoxy groups -OCH3 is 1. The van der Waals surface area contributed by atoms with Crippen LogP contribution in [0.3, 0.4) is 0 Å². The number of hydrogen-bond donors (Lipinski definition) is 5. The second kappa shape index (κ2) is 40.9. The van der Waals surface area contributed by atoms with Crippen molar-refractivity contribution < 1.29 is 19.1 Å². The second-order valence-electron chi connectivity index (χ2n) is 34.0. The molecule has 5 fully saturated rings. The Morgan fingerprint density at radius 3 is 1.26 bits per heavy atom. The number of carbonyl (C=O) groups is 3. The fourth-order valence-electron chi connectivity index (χ4n) is 17.7. The smallest absolute Gasteiger partial charge is 0.283 e. The number of piperazine rings is 3. The van der Waals surface area contributed by atoms with Crippen LogP contribution in [0.5, 0.6) is 5.75 Å². The van der Waals surface area contributed by atoms with Gasteiger partial charge in [0.05, 0.1) is 48.8 Å².